The van der Waals surface area contributed by atoms with E-state index in [2.05, 4.69) is 5.32 Å². The van der Waals surface area contributed by atoms with Gasteiger partial charge in [-0.15, -0.1) is 0 Å². The van der Waals surface area contributed by atoms with Crippen LogP contribution < -0.4 is 10.1 Å². The molecule has 0 radical (unpaired) electrons. The molecular formula is C16H17F2NO3. The van der Waals surface area contributed by atoms with Crippen LogP contribution in [0.25, 0.3) is 0 Å². The number of phenols is 1. The summed E-state index contributed by atoms with van der Waals surface area (Å²) < 4.78 is 32.1. The third kappa shape index (κ3) is 3.72. The van der Waals surface area contributed by atoms with Crippen molar-refractivity contribution >= 4 is 0 Å². The molecule has 2 aromatic carbocycles. The van der Waals surface area contributed by atoms with E-state index < -0.39 is 17.7 Å². The minimum Gasteiger partial charge on any atom is -0.508 e. The van der Waals surface area contributed by atoms with Crippen molar-refractivity contribution in [3.8, 4) is 11.5 Å². The van der Waals surface area contributed by atoms with E-state index in [4.69, 9.17) is 4.74 Å². The number of halogens is 2. The molecule has 0 saturated carbocycles. The second-order valence-electron chi connectivity index (χ2n) is 4.78. The number of methoxy groups -OCH3 is 1. The lowest BCUT2D eigenvalue weighted by Gasteiger charge is -2.14. The Balaban J connectivity index is 1.99. The van der Waals surface area contributed by atoms with Crippen LogP contribution in [0.3, 0.4) is 0 Å². The first-order valence-corrected chi connectivity index (χ1v) is 6.71. The zero-order chi connectivity index (χ0) is 16.1. The molecule has 0 aliphatic rings. The van der Waals surface area contributed by atoms with Crippen molar-refractivity contribution in [3.05, 3.63) is 59.2 Å². The third-order valence-corrected chi connectivity index (χ3v) is 3.27. The molecule has 0 amide bonds. The quantitative estimate of drug-likeness (QED) is 0.767. The molecule has 0 saturated heterocycles. The van der Waals surface area contributed by atoms with Gasteiger partial charge in [0, 0.05) is 18.7 Å². The highest BCUT2D eigenvalue weighted by atomic mass is 19.1. The lowest BCUT2D eigenvalue weighted by molar-refractivity contribution is 0.164. The SMILES string of the molecule is COc1ccc(O)c(CNCC(O)c2c(F)cccc2F)c1. The topological polar surface area (TPSA) is 61.7 Å². The van der Waals surface area contributed by atoms with Gasteiger partial charge in [-0.25, -0.2) is 8.78 Å². The monoisotopic (exact) mass is 309 g/mol. The molecule has 3 N–H and O–H groups in total. The summed E-state index contributed by atoms with van der Waals surface area (Å²) in [5.74, 6) is -0.938. The normalized spacial score (nSPS) is 12.2. The Labute approximate surface area is 127 Å². The Kier molecular flexibility index (Phi) is 5.30. The second-order valence-corrected chi connectivity index (χ2v) is 4.78. The molecule has 0 aromatic heterocycles. The average molecular weight is 309 g/mol. The maximum absolute atomic E-state index is 13.5. The van der Waals surface area contributed by atoms with E-state index in [-0.39, 0.29) is 24.4 Å². The summed E-state index contributed by atoms with van der Waals surface area (Å²) in [6, 6.07) is 8.16. The molecule has 0 aliphatic heterocycles. The number of rotatable bonds is 6. The third-order valence-electron chi connectivity index (χ3n) is 3.27. The summed E-state index contributed by atoms with van der Waals surface area (Å²) in [5.41, 5.74) is 0.186. The molecule has 22 heavy (non-hydrogen) atoms. The van der Waals surface area contributed by atoms with Crippen LogP contribution in [0.1, 0.15) is 17.2 Å². The first-order chi connectivity index (χ1) is 10.5. The first-order valence-electron chi connectivity index (χ1n) is 6.71. The summed E-state index contributed by atoms with van der Waals surface area (Å²) in [5, 5.41) is 22.5. The minimum atomic E-state index is -1.33. The average Bonchev–Trinajstić information content (AvgIpc) is 2.49. The van der Waals surface area contributed by atoms with Crippen molar-refractivity contribution in [1.29, 1.82) is 0 Å². The predicted molar refractivity (Wildman–Crippen MR) is 77.7 cm³/mol. The Morgan fingerprint density at radius 3 is 2.50 bits per heavy atom. The molecule has 6 heteroatoms. The summed E-state index contributed by atoms with van der Waals surface area (Å²) in [6.07, 6.45) is -1.33. The molecule has 2 aromatic rings. The number of aliphatic hydroxyl groups excluding tert-OH is 1. The van der Waals surface area contributed by atoms with Gasteiger partial charge in [-0.3, -0.25) is 0 Å². The van der Waals surface area contributed by atoms with Gasteiger partial charge in [-0.05, 0) is 30.3 Å². The van der Waals surface area contributed by atoms with Gasteiger partial charge in [0.2, 0.25) is 0 Å². The Bertz CT molecular complexity index is 629. The van der Waals surface area contributed by atoms with E-state index in [1.54, 1.807) is 12.1 Å². The number of hydrogen-bond donors (Lipinski definition) is 3. The van der Waals surface area contributed by atoms with Gasteiger partial charge >= 0.3 is 0 Å². The Morgan fingerprint density at radius 2 is 1.86 bits per heavy atom. The van der Waals surface area contributed by atoms with Crippen LogP contribution in [0, 0.1) is 11.6 Å². The van der Waals surface area contributed by atoms with Crippen molar-refractivity contribution in [3.63, 3.8) is 0 Å². The standard InChI is InChI=1S/C16H17F2NO3/c1-22-11-5-6-14(20)10(7-11)8-19-9-15(21)16-12(17)3-2-4-13(16)18/h2-7,15,19-21H,8-9H2,1H3. The summed E-state index contributed by atoms with van der Waals surface area (Å²) in [7, 11) is 1.51. The van der Waals surface area contributed by atoms with Crippen molar-refractivity contribution in [2.75, 3.05) is 13.7 Å². The van der Waals surface area contributed by atoms with Gasteiger partial charge in [-0.1, -0.05) is 6.07 Å². The van der Waals surface area contributed by atoms with Gasteiger partial charge in [-0.2, -0.15) is 0 Å². The molecule has 0 fully saturated rings. The van der Waals surface area contributed by atoms with E-state index in [1.807, 2.05) is 0 Å². The van der Waals surface area contributed by atoms with Crippen LogP contribution in [-0.2, 0) is 6.54 Å². The zero-order valence-corrected chi connectivity index (χ0v) is 12.0. The molecule has 4 nitrogen and oxygen atoms in total. The van der Waals surface area contributed by atoms with Gasteiger partial charge in [0.25, 0.3) is 0 Å². The van der Waals surface area contributed by atoms with E-state index in [9.17, 15) is 19.0 Å². The number of phenolic OH excluding ortho intramolecular Hbond substituents is 1. The lowest BCUT2D eigenvalue weighted by atomic mass is 10.1. The minimum absolute atomic E-state index is 0.0610. The molecule has 0 heterocycles. The Hall–Kier alpha value is -2.18. The van der Waals surface area contributed by atoms with Crippen LogP contribution >= 0.6 is 0 Å². The van der Waals surface area contributed by atoms with Gasteiger partial charge in [0.1, 0.15) is 23.1 Å². The molecule has 2 rings (SSSR count). The van der Waals surface area contributed by atoms with Crippen LogP contribution in [-0.4, -0.2) is 23.9 Å². The highest BCUT2D eigenvalue weighted by Gasteiger charge is 2.17. The van der Waals surface area contributed by atoms with Crippen LogP contribution in [0.15, 0.2) is 36.4 Å². The van der Waals surface area contributed by atoms with Crippen LogP contribution in [0.2, 0.25) is 0 Å². The fourth-order valence-corrected chi connectivity index (χ4v) is 2.11. The van der Waals surface area contributed by atoms with E-state index in [1.165, 1.54) is 19.2 Å². The van der Waals surface area contributed by atoms with Crippen molar-refractivity contribution in [2.45, 2.75) is 12.6 Å². The van der Waals surface area contributed by atoms with Gasteiger partial charge in [0.05, 0.1) is 18.8 Å². The number of benzene rings is 2. The fourth-order valence-electron chi connectivity index (χ4n) is 2.11. The van der Waals surface area contributed by atoms with E-state index in [0.29, 0.717) is 11.3 Å². The largest absolute Gasteiger partial charge is 0.508 e. The molecule has 0 bridgehead atoms. The summed E-state index contributed by atoms with van der Waals surface area (Å²) in [6.45, 7) is 0.157. The van der Waals surface area contributed by atoms with E-state index in [0.717, 1.165) is 12.1 Å². The number of ether oxygens (including phenoxy) is 1. The van der Waals surface area contributed by atoms with Gasteiger partial charge < -0.3 is 20.3 Å². The van der Waals surface area contributed by atoms with Crippen LogP contribution in [0.4, 0.5) is 8.78 Å². The second kappa shape index (κ2) is 7.20. The summed E-state index contributed by atoms with van der Waals surface area (Å²) >= 11 is 0. The van der Waals surface area contributed by atoms with Crippen molar-refractivity contribution < 1.29 is 23.7 Å². The number of nitrogens with one attached hydrogen (secondary N) is 1. The number of aliphatic hydroxyl groups is 1. The highest BCUT2D eigenvalue weighted by molar-refractivity contribution is 5.39. The molecular weight excluding hydrogens is 292 g/mol. The molecule has 1 atom stereocenters. The molecule has 1 unspecified atom stereocenters. The van der Waals surface area contributed by atoms with Crippen LogP contribution in [0.5, 0.6) is 11.5 Å². The molecule has 118 valence electrons. The smallest absolute Gasteiger partial charge is 0.131 e. The zero-order valence-electron chi connectivity index (χ0n) is 12.0. The molecule has 0 aliphatic carbocycles. The number of aromatic hydroxyl groups is 1. The summed E-state index contributed by atoms with van der Waals surface area (Å²) in [4.78, 5) is 0. The van der Waals surface area contributed by atoms with Crippen molar-refractivity contribution in [2.24, 2.45) is 0 Å². The number of hydrogen-bond acceptors (Lipinski definition) is 4. The maximum atomic E-state index is 13.5. The fraction of sp³-hybridized carbons (Fsp3) is 0.250. The lowest BCUT2D eigenvalue weighted by Crippen LogP contribution is -2.22. The predicted octanol–water partition coefficient (Wildman–Crippen LogP) is 2.50. The van der Waals surface area contributed by atoms with Crippen molar-refractivity contribution in [1.82, 2.24) is 5.32 Å². The molecule has 0 spiro atoms. The van der Waals surface area contributed by atoms with Gasteiger partial charge in [0.15, 0.2) is 0 Å². The Morgan fingerprint density at radius 1 is 1.18 bits per heavy atom. The maximum Gasteiger partial charge on any atom is 0.131 e. The van der Waals surface area contributed by atoms with E-state index >= 15 is 0 Å². The highest BCUT2D eigenvalue weighted by Crippen LogP contribution is 2.23. The first kappa shape index (κ1) is 16.2.